The summed E-state index contributed by atoms with van der Waals surface area (Å²) >= 11 is 6.10. The monoisotopic (exact) mass is 404 g/mol. The van der Waals surface area contributed by atoms with E-state index in [4.69, 9.17) is 16.3 Å². The van der Waals surface area contributed by atoms with E-state index in [2.05, 4.69) is 5.32 Å². The summed E-state index contributed by atoms with van der Waals surface area (Å²) < 4.78 is 18.7. The zero-order chi connectivity index (χ0) is 20.6. The van der Waals surface area contributed by atoms with E-state index in [1.165, 1.54) is 33.1 Å². The van der Waals surface area contributed by atoms with Gasteiger partial charge in [-0.2, -0.15) is 0 Å². The van der Waals surface area contributed by atoms with Crippen molar-refractivity contribution in [2.24, 2.45) is 0 Å². The van der Waals surface area contributed by atoms with Gasteiger partial charge in [0.25, 0.3) is 5.91 Å². The third-order valence-corrected chi connectivity index (χ3v) is 5.07. The first-order valence-electron chi connectivity index (χ1n) is 8.45. The molecule has 3 amide bonds. The molecule has 1 heterocycles. The molecule has 1 unspecified atom stereocenters. The van der Waals surface area contributed by atoms with Crippen molar-refractivity contribution in [2.45, 2.75) is 25.9 Å². The molecule has 2 aromatic rings. The highest BCUT2D eigenvalue weighted by molar-refractivity contribution is 6.32. The van der Waals surface area contributed by atoms with Gasteiger partial charge in [0.2, 0.25) is 0 Å². The van der Waals surface area contributed by atoms with Crippen molar-refractivity contribution in [3.05, 3.63) is 63.9 Å². The van der Waals surface area contributed by atoms with E-state index in [1.807, 2.05) is 0 Å². The van der Waals surface area contributed by atoms with Gasteiger partial charge in [0, 0.05) is 21.7 Å². The third kappa shape index (κ3) is 3.33. The molecule has 6 nitrogen and oxygen atoms in total. The van der Waals surface area contributed by atoms with Crippen molar-refractivity contribution in [1.29, 1.82) is 0 Å². The molecule has 1 N–H and O–H groups in total. The fraction of sp³-hybridized carbons (Fsp3) is 0.250. The number of amides is 3. The third-order valence-electron chi connectivity index (χ3n) is 4.76. The number of hydrogen-bond donors (Lipinski definition) is 1. The lowest BCUT2D eigenvalue weighted by Crippen LogP contribution is -2.41. The van der Waals surface area contributed by atoms with E-state index in [9.17, 15) is 18.8 Å². The molecule has 0 spiro atoms. The van der Waals surface area contributed by atoms with Crippen LogP contribution in [0.2, 0.25) is 5.02 Å². The van der Waals surface area contributed by atoms with E-state index < -0.39 is 23.3 Å². The Kier molecular flexibility index (Phi) is 5.12. The highest BCUT2D eigenvalue weighted by Crippen LogP contribution is 2.35. The molecule has 1 atom stereocenters. The van der Waals surface area contributed by atoms with Gasteiger partial charge in [-0.3, -0.25) is 14.5 Å². The number of urea groups is 1. The molecular weight excluding hydrogens is 387 g/mol. The quantitative estimate of drug-likeness (QED) is 0.609. The summed E-state index contributed by atoms with van der Waals surface area (Å²) in [7, 11) is 1.46. The van der Waals surface area contributed by atoms with E-state index in [-0.39, 0.29) is 17.4 Å². The van der Waals surface area contributed by atoms with Crippen LogP contribution >= 0.6 is 11.6 Å². The minimum Gasteiger partial charge on any atom is -0.496 e. The summed E-state index contributed by atoms with van der Waals surface area (Å²) in [6.07, 6.45) is 0. The molecule has 0 radical (unpaired) electrons. The molecule has 1 aliphatic heterocycles. The minimum absolute atomic E-state index is 0.0363. The first kappa shape index (κ1) is 19.8. The summed E-state index contributed by atoms with van der Waals surface area (Å²) in [6, 6.07) is 7.82. The predicted molar refractivity (Wildman–Crippen MR) is 101 cm³/mol. The Bertz CT molecular complexity index is 994. The van der Waals surface area contributed by atoms with Gasteiger partial charge in [-0.15, -0.1) is 0 Å². The largest absolute Gasteiger partial charge is 0.496 e. The lowest BCUT2D eigenvalue weighted by atomic mass is 9.92. The molecule has 28 heavy (non-hydrogen) atoms. The number of nitrogens with one attached hydrogen (secondary N) is 1. The fourth-order valence-corrected chi connectivity index (χ4v) is 3.57. The van der Waals surface area contributed by atoms with Gasteiger partial charge >= 0.3 is 6.03 Å². The van der Waals surface area contributed by atoms with Crippen molar-refractivity contribution in [3.8, 4) is 5.75 Å². The van der Waals surface area contributed by atoms with E-state index in [1.54, 1.807) is 18.2 Å². The number of Topliss-reactive ketones (excluding diaryl/α,β-unsaturated/α-hetero) is 1. The number of rotatable bonds is 5. The molecule has 146 valence electrons. The number of nitrogens with zero attached hydrogens (tertiary/aromatic N) is 1. The average Bonchev–Trinajstić information content (AvgIpc) is 2.85. The molecule has 1 saturated heterocycles. The van der Waals surface area contributed by atoms with Gasteiger partial charge in [-0.25, -0.2) is 9.18 Å². The lowest BCUT2D eigenvalue weighted by Gasteiger charge is -2.23. The van der Waals surface area contributed by atoms with Crippen LogP contribution in [0.4, 0.5) is 9.18 Å². The topological polar surface area (TPSA) is 75.7 Å². The second-order valence-corrected chi connectivity index (χ2v) is 7.06. The highest BCUT2D eigenvalue weighted by atomic mass is 35.5. The summed E-state index contributed by atoms with van der Waals surface area (Å²) in [6.45, 7) is 2.84. The van der Waals surface area contributed by atoms with Gasteiger partial charge in [0.1, 0.15) is 17.1 Å². The Morgan fingerprint density at radius 3 is 2.57 bits per heavy atom. The van der Waals surface area contributed by atoms with Crippen LogP contribution in [0.1, 0.15) is 35.3 Å². The molecular formula is C20H18ClFN2O4. The number of methoxy groups -OCH3 is 1. The molecule has 0 bridgehead atoms. The molecule has 0 aliphatic carbocycles. The number of halogens is 2. The number of carbonyl (C=O) groups is 3. The Labute approximate surface area is 166 Å². The SMILES string of the molecule is COc1ccc(C(C)=O)cc1CN1C(=O)NC(C)(c2ccc(F)cc2Cl)C1=O. The average molecular weight is 405 g/mol. The summed E-state index contributed by atoms with van der Waals surface area (Å²) in [5.74, 6) is -0.791. The predicted octanol–water partition coefficient (Wildman–Crippen LogP) is 3.66. The Morgan fingerprint density at radius 2 is 1.96 bits per heavy atom. The van der Waals surface area contributed by atoms with Gasteiger partial charge < -0.3 is 10.1 Å². The number of benzene rings is 2. The summed E-state index contributed by atoms with van der Waals surface area (Å²) in [4.78, 5) is 38.3. The second-order valence-electron chi connectivity index (χ2n) is 6.65. The molecule has 2 aromatic carbocycles. The molecule has 1 aliphatic rings. The zero-order valence-electron chi connectivity index (χ0n) is 15.5. The summed E-state index contributed by atoms with van der Waals surface area (Å²) in [5, 5.41) is 2.66. The van der Waals surface area contributed by atoms with Crippen LogP contribution in [0, 0.1) is 5.82 Å². The molecule has 3 rings (SSSR count). The maximum atomic E-state index is 13.4. The standard InChI is InChI=1S/C20H18ClFN2O4/c1-11(25)12-4-7-17(28-3)13(8-12)10-24-18(26)20(2,23-19(24)27)15-6-5-14(22)9-16(15)21/h4-9H,10H2,1-3H3,(H,23,27). The minimum atomic E-state index is -1.44. The lowest BCUT2D eigenvalue weighted by molar-refractivity contribution is -0.131. The molecule has 0 aromatic heterocycles. The van der Waals surface area contributed by atoms with E-state index >= 15 is 0 Å². The van der Waals surface area contributed by atoms with Crippen molar-refractivity contribution in [1.82, 2.24) is 10.2 Å². The van der Waals surface area contributed by atoms with Crippen LogP contribution < -0.4 is 10.1 Å². The van der Waals surface area contributed by atoms with Crippen LogP contribution in [0.5, 0.6) is 5.75 Å². The van der Waals surface area contributed by atoms with Crippen LogP contribution in [0.25, 0.3) is 0 Å². The van der Waals surface area contributed by atoms with Crippen molar-refractivity contribution in [3.63, 3.8) is 0 Å². The van der Waals surface area contributed by atoms with Crippen molar-refractivity contribution >= 4 is 29.3 Å². The number of ketones is 1. The number of imide groups is 1. The summed E-state index contributed by atoms with van der Waals surface area (Å²) in [5.41, 5.74) is -0.200. The van der Waals surface area contributed by atoms with Crippen molar-refractivity contribution < 1.29 is 23.5 Å². The maximum Gasteiger partial charge on any atom is 0.325 e. The number of ether oxygens (including phenoxy) is 1. The first-order valence-corrected chi connectivity index (χ1v) is 8.82. The number of hydrogen-bond acceptors (Lipinski definition) is 4. The zero-order valence-corrected chi connectivity index (χ0v) is 16.3. The van der Waals surface area contributed by atoms with E-state index in [0.717, 1.165) is 11.0 Å². The Morgan fingerprint density at radius 1 is 1.25 bits per heavy atom. The number of carbonyl (C=O) groups excluding carboxylic acids is 3. The molecule has 0 saturated carbocycles. The molecule has 1 fully saturated rings. The van der Waals surface area contributed by atoms with Gasteiger partial charge in [0.15, 0.2) is 5.78 Å². The van der Waals surface area contributed by atoms with Crippen LogP contribution in [0.3, 0.4) is 0 Å². The highest BCUT2D eigenvalue weighted by Gasteiger charge is 2.50. The van der Waals surface area contributed by atoms with Crippen LogP contribution in [0.15, 0.2) is 36.4 Å². The van der Waals surface area contributed by atoms with Gasteiger partial charge in [-0.1, -0.05) is 17.7 Å². The smallest absolute Gasteiger partial charge is 0.325 e. The van der Waals surface area contributed by atoms with Crippen LogP contribution in [-0.4, -0.2) is 29.7 Å². The maximum absolute atomic E-state index is 13.4. The Hall–Kier alpha value is -2.93. The first-order chi connectivity index (χ1) is 13.2. The van der Waals surface area contributed by atoms with E-state index in [0.29, 0.717) is 22.4 Å². The van der Waals surface area contributed by atoms with Gasteiger partial charge in [0.05, 0.1) is 13.7 Å². The Balaban J connectivity index is 1.97. The second kappa shape index (κ2) is 7.24. The van der Waals surface area contributed by atoms with Gasteiger partial charge in [-0.05, 0) is 44.2 Å². The molecule has 8 heteroatoms. The van der Waals surface area contributed by atoms with Crippen LogP contribution in [-0.2, 0) is 16.9 Å². The van der Waals surface area contributed by atoms with Crippen molar-refractivity contribution in [2.75, 3.05) is 7.11 Å². The normalized spacial score (nSPS) is 19.0. The fourth-order valence-electron chi connectivity index (χ4n) is 3.21.